The average Bonchev–Trinajstić information content (AvgIpc) is 2.15. The third-order valence-corrected chi connectivity index (χ3v) is 1.81. The summed E-state index contributed by atoms with van der Waals surface area (Å²) in [7, 11) is 0. The molecule has 0 saturated carbocycles. The van der Waals surface area contributed by atoms with Gasteiger partial charge >= 0.3 is 5.97 Å². The molecule has 0 aliphatic carbocycles. The summed E-state index contributed by atoms with van der Waals surface area (Å²) in [6, 6.07) is 6.76. The molecular formula is C10H12N2O2. The van der Waals surface area contributed by atoms with E-state index in [-0.39, 0.29) is 11.4 Å². The van der Waals surface area contributed by atoms with E-state index < -0.39 is 5.97 Å². The molecule has 0 bridgehead atoms. The van der Waals surface area contributed by atoms with Crippen molar-refractivity contribution in [1.29, 1.82) is 0 Å². The maximum absolute atomic E-state index is 10.8. The Labute approximate surface area is 81.8 Å². The number of carboxylic acid groups (broad SMARTS) is 1. The number of rotatable bonds is 3. The van der Waals surface area contributed by atoms with Crippen LogP contribution in [0.4, 0.5) is 0 Å². The lowest BCUT2D eigenvalue weighted by Crippen LogP contribution is -2.09. The molecule has 14 heavy (non-hydrogen) atoms. The van der Waals surface area contributed by atoms with E-state index in [9.17, 15) is 4.79 Å². The molecule has 0 unspecified atom stereocenters. The normalized spacial score (nSPS) is 9.43. The van der Waals surface area contributed by atoms with Crippen LogP contribution in [0.5, 0.6) is 0 Å². The van der Waals surface area contributed by atoms with Crippen LogP contribution in [0.3, 0.4) is 0 Å². The molecule has 0 saturated heterocycles. The lowest BCUT2D eigenvalue weighted by atomic mass is 10.0. The Balaban J connectivity index is 2.96. The lowest BCUT2D eigenvalue weighted by molar-refractivity contribution is 0.0696. The monoisotopic (exact) mass is 192 g/mol. The molecule has 1 rings (SSSR count). The number of aromatic carboxylic acids is 1. The van der Waals surface area contributed by atoms with Crippen molar-refractivity contribution in [2.45, 2.75) is 6.42 Å². The summed E-state index contributed by atoms with van der Waals surface area (Å²) in [6.07, 6.45) is 2.02. The van der Waals surface area contributed by atoms with Crippen LogP contribution >= 0.6 is 0 Å². The molecule has 1 aromatic carbocycles. The van der Waals surface area contributed by atoms with Gasteiger partial charge in [-0.05, 0) is 24.1 Å². The van der Waals surface area contributed by atoms with Gasteiger partial charge in [0, 0.05) is 0 Å². The second-order valence-corrected chi connectivity index (χ2v) is 2.87. The van der Waals surface area contributed by atoms with Gasteiger partial charge in [-0.15, -0.1) is 0 Å². The highest BCUT2D eigenvalue weighted by Gasteiger charge is 2.06. The van der Waals surface area contributed by atoms with Gasteiger partial charge in [-0.3, -0.25) is 0 Å². The van der Waals surface area contributed by atoms with Gasteiger partial charge in [0.25, 0.3) is 0 Å². The van der Waals surface area contributed by atoms with Crippen LogP contribution in [-0.2, 0) is 6.42 Å². The van der Waals surface area contributed by atoms with Crippen LogP contribution in [0.25, 0.3) is 0 Å². The smallest absolute Gasteiger partial charge is 0.335 e. The topological polar surface area (TPSA) is 89.3 Å². The highest BCUT2D eigenvalue weighted by molar-refractivity contribution is 5.89. The standard InChI is InChI=1S/C10H12N2O2/c11-9(12)6-5-7-3-1-2-4-8(7)10(13)14/h1-4,6H,5,11-12H2,(H,13,14). The minimum absolute atomic E-state index is 0.199. The van der Waals surface area contributed by atoms with Crippen molar-refractivity contribution in [1.82, 2.24) is 0 Å². The average molecular weight is 192 g/mol. The van der Waals surface area contributed by atoms with Crippen LogP contribution in [0.1, 0.15) is 15.9 Å². The first-order valence-electron chi connectivity index (χ1n) is 4.13. The Bertz CT molecular complexity index is 368. The van der Waals surface area contributed by atoms with Crippen molar-refractivity contribution >= 4 is 5.97 Å². The largest absolute Gasteiger partial charge is 0.478 e. The minimum Gasteiger partial charge on any atom is -0.478 e. The minimum atomic E-state index is -0.940. The van der Waals surface area contributed by atoms with Crippen LogP contribution in [0, 0.1) is 0 Å². The summed E-state index contributed by atoms with van der Waals surface area (Å²) in [5.74, 6) is -0.741. The van der Waals surface area contributed by atoms with E-state index >= 15 is 0 Å². The van der Waals surface area contributed by atoms with Gasteiger partial charge in [-0.1, -0.05) is 18.2 Å². The van der Waals surface area contributed by atoms with E-state index in [2.05, 4.69) is 0 Å². The van der Waals surface area contributed by atoms with Gasteiger partial charge in [0.05, 0.1) is 11.4 Å². The number of benzene rings is 1. The van der Waals surface area contributed by atoms with Gasteiger partial charge in [-0.25, -0.2) is 4.79 Å². The Hall–Kier alpha value is -1.97. The third kappa shape index (κ3) is 2.52. The molecule has 74 valence electrons. The molecule has 0 aromatic heterocycles. The summed E-state index contributed by atoms with van der Waals surface area (Å²) in [5, 5.41) is 8.85. The molecule has 4 nitrogen and oxygen atoms in total. The molecule has 0 heterocycles. The highest BCUT2D eigenvalue weighted by Crippen LogP contribution is 2.09. The zero-order chi connectivity index (χ0) is 10.6. The molecule has 1 aromatic rings. The first-order chi connectivity index (χ1) is 6.61. The summed E-state index contributed by atoms with van der Waals surface area (Å²) in [6.45, 7) is 0. The van der Waals surface area contributed by atoms with Gasteiger partial charge in [0.1, 0.15) is 0 Å². The van der Waals surface area contributed by atoms with Crippen LogP contribution in [0.2, 0.25) is 0 Å². The van der Waals surface area contributed by atoms with E-state index in [0.29, 0.717) is 12.0 Å². The molecule has 0 atom stereocenters. The van der Waals surface area contributed by atoms with E-state index in [1.807, 2.05) is 0 Å². The fourth-order valence-corrected chi connectivity index (χ4v) is 1.13. The van der Waals surface area contributed by atoms with Crippen molar-refractivity contribution in [2.24, 2.45) is 11.5 Å². The molecule has 0 aliphatic heterocycles. The SMILES string of the molecule is NC(N)=CCc1ccccc1C(=O)O. The maximum atomic E-state index is 10.8. The highest BCUT2D eigenvalue weighted by atomic mass is 16.4. The van der Waals surface area contributed by atoms with Gasteiger partial charge in [-0.2, -0.15) is 0 Å². The molecule has 0 aliphatic rings. The number of hydrogen-bond donors (Lipinski definition) is 3. The molecule has 0 fully saturated rings. The van der Waals surface area contributed by atoms with Crippen molar-refractivity contribution in [3.63, 3.8) is 0 Å². The molecule has 0 spiro atoms. The summed E-state index contributed by atoms with van der Waals surface area (Å²) < 4.78 is 0. The van der Waals surface area contributed by atoms with Crippen molar-refractivity contribution < 1.29 is 9.90 Å². The molecule has 0 amide bonds. The predicted molar refractivity (Wildman–Crippen MR) is 53.6 cm³/mol. The number of hydrogen-bond acceptors (Lipinski definition) is 3. The number of carboxylic acids is 1. The number of nitrogens with two attached hydrogens (primary N) is 2. The second-order valence-electron chi connectivity index (χ2n) is 2.87. The third-order valence-electron chi connectivity index (χ3n) is 1.81. The van der Waals surface area contributed by atoms with Crippen LogP contribution < -0.4 is 11.5 Å². The van der Waals surface area contributed by atoms with E-state index in [1.165, 1.54) is 0 Å². The maximum Gasteiger partial charge on any atom is 0.335 e. The van der Waals surface area contributed by atoms with E-state index in [4.69, 9.17) is 16.6 Å². The number of carbonyl (C=O) groups is 1. The van der Waals surface area contributed by atoms with Gasteiger partial charge in [0.2, 0.25) is 0 Å². The van der Waals surface area contributed by atoms with Gasteiger partial charge < -0.3 is 16.6 Å². The fourth-order valence-electron chi connectivity index (χ4n) is 1.13. The summed E-state index contributed by atoms with van der Waals surface area (Å²) in [5.41, 5.74) is 11.5. The molecule has 5 N–H and O–H groups in total. The Morgan fingerprint density at radius 3 is 2.57 bits per heavy atom. The Morgan fingerprint density at radius 1 is 1.36 bits per heavy atom. The number of allylic oxidation sites excluding steroid dienone is 1. The van der Waals surface area contributed by atoms with Gasteiger partial charge in [0.15, 0.2) is 0 Å². The van der Waals surface area contributed by atoms with Crippen molar-refractivity contribution in [2.75, 3.05) is 0 Å². The van der Waals surface area contributed by atoms with E-state index in [1.54, 1.807) is 30.3 Å². The molecular weight excluding hydrogens is 180 g/mol. The van der Waals surface area contributed by atoms with Crippen molar-refractivity contribution in [3.8, 4) is 0 Å². The van der Waals surface area contributed by atoms with Crippen LogP contribution in [-0.4, -0.2) is 11.1 Å². The lowest BCUT2D eigenvalue weighted by Gasteiger charge is -2.02. The zero-order valence-electron chi connectivity index (χ0n) is 7.60. The first kappa shape index (κ1) is 10.1. The summed E-state index contributed by atoms with van der Waals surface area (Å²) >= 11 is 0. The molecule has 4 heteroatoms. The Kier molecular flexibility index (Phi) is 3.12. The fraction of sp³-hybridized carbons (Fsp3) is 0.100. The van der Waals surface area contributed by atoms with Crippen molar-refractivity contribution in [3.05, 3.63) is 47.3 Å². The zero-order valence-corrected chi connectivity index (χ0v) is 7.60. The first-order valence-corrected chi connectivity index (χ1v) is 4.13. The quantitative estimate of drug-likeness (QED) is 0.657. The van der Waals surface area contributed by atoms with Crippen LogP contribution in [0.15, 0.2) is 36.2 Å². The summed E-state index contributed by atoms with van der Waals surface area (Å²) in [4.78, 5) is 10.8. The Morgan fingerprint density at radius 2 is 2.00 bits per heavy atom. The predicted octanol–water partition coefficient (Wildman–Crippen LogP) is 0.686. The van der Waals surface area contributed by atoms with E-state index in [0.717, 1.165) is 0 Å². The second kappa shape index (κ2) is 4.32. The molecule has 0 radical (unpaired) electrons.